The molecule has 0 aliphatic rings. The van der Waals surface area contributed by atoms with Crippen molar-refractivity contribution in [3.05, 3.63) is 24.1 Å². The second-order valence-electron chi connectivity index (χ2n) is 0.562. The number of hydrogen-bond acceptors (Lipinski definition) is 0. The smallest absolute Gasteiger partial charge is 0.321 e. The number of hydrogen-bond donors (Lipinski definition) is 0. The SMILES string of the molecule is C=C=C=C(F)F.[Cl-].[Cl-]. The molecule has 4 heteroatoms. The van der Waals surface area contributed by atoms with Crippen LogP contribution in [-0.2, 0) is 0 Å². The van der Waals surface area contributed by atoms with Crippen LogP contribution in [0.4, 0.5) is 8.78 Å². The summed E-state index contributed by atoms with van der Waals surface area (Å²) in [6.07, 6.45) is -1.88. The van der Waals surface area contributed by atoms with E-state index in [9.17, 15) is 8.78 Å². The molecule has 0 nitrogen and oxygen atoms in total. The second kappa shape index (κ2) is 9.88. The van der Waals surface area contributed by atoms with Gasteiger partial charge in [0.05, 0.1) is 0 Å². The summed E-state index contributed by atoms with van der Waals surface area (Å²) in [7, 11) is 0. The minimum absolute atomic E-state index is 0. The molecule has 0 unspecified atom stereocenters. The van der Waals surface area contributed by atoms with E-state index in [0.29, 0.717) is 0 Å². The van der Waals surface area contributed by atoms with Gasteiger partial charge in [0, 0.05) is 0 Å². The molecule has 0 bridgehead atoms. The standard InChI is InChI=1S/C4H2F2.2ClH/c1-2-3-4(5)6;;/h1H2;2*1H/p-2. The van der Waals surface area contributed by atoms with E-state index < -0.39 is 6.08 Å². The van der Waals surface area contributed by atoms with Crippen molar-refractivity contribution in [1.82, 2.24) is 0 Å². The molecule has 8 heavy (non-hydrogen) atoms. The third kappa shape index (κ3) is 17.2. The molecule has 48 valence electrons. The van der Waals surface area contributed by atoms with Crippen molar-refractivity contribution in [3.63, 3.8) is 0 Å². The van der Waals surface area contributed by atoms with Crippen LogP contribution in [0.5, 0.6) is 0 Å². The molecule has 0 amide bonds. The zero-order valence-electron chi connectivity index (χ0n) is 3.72. The monoisotopic (exact) mass is 158 g/mol. The van der Waals surface area contributed by atoms with Gasteiger partial charge in [-0.1, -0.05) is 5.73 Å². The molecule has 0 radical (unpaired) electrons. The van der Waals surface area contributed by atoms with E-state index in [2.05, 4.69) is 6.58 Å². The molecule has 0 aliphatic heterocycles. The largest absolute Gasteiger partial charge is 1.00 e. The molecule has 0 N–H and O–H groups in total. The Hall–Kier alpha value is -0.260. The van der Waals surface area contributed by atoms with Crippen molar-refractivity contribution in [2.75, 3.05) is 0 Å². The molecular formula is C4H2Cl2F2-2. The van der Waals surface area contributed by atoms with Crippen LogP contribution in [-0.4, -0.2) is 0 Å². The average molecular weight is 159 g/mol. The van der Waals surface area contributed by atoms with Crippen LogP contribution in [0.3, 0.4) is 0 Å². The van der Waals surface area contributed by atoms with Crippen LogP contribution < -0.4 is 24.8 Å². The summed E-state index contributed by atoms with van der Waals surface area (Å²) >= 11 is 0. The number of rotatable bonds is 0. The Kier molecular flexibility index (Phi) is 19.3. The van der Waals surface area contributed by atoms with Crippen LogP contribution in [0.15, 0.2) is 24.1 Å². The second-order valence-corrected chi connectivity index (χ2v) is 0.562. The zero-order valence-corrected chi connectivity index (χ0v) is 5.23. The lowest BCUT2D eigenvalue weighted by molar-refractivity contribution is -0.001000. The van der Waals surface area contributed by atoms with Crippen LogP contribution in [0.2, 0.25) is 0 Å². The highest BCUT2D eigenvalue weighted by molar-refractivity contribution is 4.78. The minimum atomic E-state index is -1.88. The topological polar surface area (TPSA) is 0 Å². The van der Waals surface area contributed by atoms with E-state index in [4.69, 9.17) is 0 Å². The first-order valence-corrected chi connectivity index (χ1v) is 1.23. The van der Waals surface area contributed by atoms with Gasteiger partial charge in [-0.2, -0.15) is 8.78 Å². The zero-order chi connectivity index (χ0) is 4.99. The Bertz CT molecular complexity index is 116. The molecule has 0 atom stereocenters. The maximum Gasteiger partial charge on any atom is 0.321 e. The van der Waals surface area contributed by atoms with Crippen molar-refractivity contribution in [2.45, 2.75) is 0 Å². The van der Waals surface area contributed by atoms with Gasteiger partial charge in [0.1, 0.15) is 0 Å². The molecule has 0 aromatic heterocycles. The lowest BCUT2D eigenvalue weighted by atomic mass is 10.8. The van der Waals surface area contributed by atoms with Crippen molar-refractivity contribution < 1.29 is 33.6 Å². The fraction of sp³-hybridized carbons (Fsp3) is 0. The first-order valence-electron chi connectivity index (χ1n) is 1.23. The normalized spacial score (nSPS) is 4.25. The van der Waals surface area contributed by atoms with Crippen molar-refractivity contribution in [2.24, 2.45) is 0 Å². The van der Waals surface area contributed by atoms with Gasteiger partial charge in [0.2, 0.25) is 0 Å². The molecule has 0 aromatic rings. The summed E-state index contributed by atoms with van der Waals surface area (Å²) in [6.45, 7) is 2.86. The van der Waals surface area contributed by atoms with Gasteiger partial charge < -0.3 is 24.8 Å². The summed E-state index contributed by atoms with van der Waals surface area (Å²) in [4.78, 5) is 0. The summed E-state index contributed by atoms with van der Waals surface area (Å²) in [5.41, 5.74) is 3.21. The quantitative estimate of drug-likeness (QED) is 0.314. The molecule has 0 heterocycles. The molecule has 0 fully saturated rings. The predicted molar refractivity (Wildman–Crippen MR) is 18.4 cm³/mol. The molecule has 0 saturated heterocycles. The van der Waals surface area contributed by atoms with Crippen LogP contribution in [0, 0.1) is 0 Å². The van der Waals surface area contributed by atoms with Crippen molar-refractivity contribution in [3.8, 4) is 0 Å². The van der Waals surface area contributed by atoms with Gasteiger partial charge in [-0.25, -0.2) is 0 Å². The van der Waals surface area contributed by atoms with Crippen LogP contribution in [0.1, 0.15) is 0 Å². The van der Waals surface area contributed by atoms with Gasteiger partial charge in [0.15, 0.2) is 0 Å². The Morgan fingerprint density at radius 1 is 1.25 bits per heavy atom. The summed E-state index contributed by atoms with van der Waals surface area (Å²) < 4.78 is 21.5. The van der Waals surface area contributed by atoms with Crippen LogP contribution >= 0.6 is 0 Å². The van der Waals surface area contributed by atoms with Crippen molar-refractivity contribution in [1.29, 1.82) is 0 Å². The van der Waals surface area contributed by atoms with E-state index in [1.165, 1.54) is 5.73 Å². The first kappa shape index (κ1) is 15.6. The Balaban J connectivity index is -0.000000125. The average Bonchev–Trinajstić information content (AvgIpc) is 1.35. The highest BCUT2D eigenvalue weighted by Gasteiger charge is 1.73. The fourth-order valence-corrected chi connectivity index (χ4v) is 0.0668. The van der Waals surface area contributed by atoms with E-state index in [0.717, 1.165) is 0 Å². The fourth-order valence-electron chi connectivity index (χ4n) is 0.0668. The number of halogens is 4. The van der Waals surface area contributed by atoms with Gasteiger partial charge in [-0.15, -0.1) is 0 Å². The Morgan fingerprint density at radius 3 is 1.62 bits per heavy atom. The van der Waals surface area contributed by atoms with Crippen LogP contribution in [0.25, 0.3) is 0 Å². The summed E-state index contributed by atoms with van der Waals surface area (Å²) in [5, 5.41) is 0. The Morgan fingerprint density at radius 2 is 1.62 bits per heavy atom. The third-order valence-electron chi connectivity index (χ3n) is 0.183. The van der Waals surface area contributed by atoms with Gasteiger partial charge >= 0.3 is 6.08 Å². The molecule has 0 saturated carbocycles. The van der Waals surface area contributed by atoms with E-state index in [1.807, 2.05) is 0 Å². The third-order valence-corrected chi connectivity index (χ3v) is 0.183. The van der Waals surface area contributed by atoms with Gasteiger partial charge in [-0.3, -0.25) is 0 Å². The molecule has 0 aromatic carbocycles. The molecule has 0 spiro atoms. The van der Waals surface area contributed by atoms with Crippen molar-refractivity contribution >= 4 is 0 Å². The molecule has 0 aliphatic carbocycles. The van der Waals surface area contributed by atoms with Gasteiger partial charge in [-0.05, 0) is 12.3 Å². The maximum absolute atomic E-state index is 10.7. The lowest BCUT2D eigenvalue weighted by Crippen LogP contribution is -3.00. The maximum atomic E-state index is 10.7. The molecular weight excluding hydrogens is 157 g/mol. The predicted octanol–water partition coefficient (Wildman–Crippen LogP) is -4.29. The minimum Gasteiger partial charge on any atom is -1.00 e. The van der Waals surface area contributed by atoms with E-state index in [-0.39, 0.29) is 24.8 Å². The van der Waals surface area contributed by atoms with E-state index in [1.54, 1.807) is 5.73 Å². The lowest BCUT2D eigenvalue weighted by Gasteiger charge is -1.56. The first-order chi connectivity index (χ1) is 2.77. The summed E-state index contributed by atoms with van der Waals surface area (Å²) in [5.74, 6) is 0. The highest BCUT2D eigenvalue weighted by Crippen LogP contribution is 1.89. The summed E-state index contributed by atoms with van der Waals surface area (Å²) in [6, 6.07) is 0. The molecule has 0 rings (SSSR count). The van der Waals surface area contributed by atoms with Gasteiger partial charge in [0.25, 0.3) is 0 Å². The Labute approximate surface area is 58.4 Å². The van der Waals surface area contributed by atoms with E-state index >= 15 is 0 Å². The highest BCUT2D eigenvalue weighted by atomic mass is 35.5.